The maximum absolute atomic E-state index is 13.1. The third-order valence-electron chi connectivity index (χ3n) is 5.81. The smallest absolute Gasteiger partial charge is 0.291 e. The van der Waals surface area contributed by atoms with Gasteiger partial charge >= 0.3 is 0 Å². The van der Waals surface area contributed by atoms with Gasteiger partial charge in [0.2, 0.25) is 0 Å². The number of para-hydroxylation sites is 1. The van der Waals surface area contributed by atoms with E-state index in [2.05, 4.69) is 10.6 Å². The molecule has 2 aromatic heterocycles. The van der Waals surface area contributed by atoms with Crippen molar-refractivity contribution in [1.29, 1.82) is 0 Å². The van der Waals surface area contributed by atoms with Crippen molar-refractivity contribution in [1.82, 2.24) is 5.32 Å². The van der Waals surface area contributed by atoms with Crippen molar-refractivity contribution in [3.05, 3.63) is 124 Å². The van der Waals surface area contributed by atoms with E-state index >= 15 is 0 Å². The zero-order valence-corrected chi connectivity index (χ0v) is 19.4. The lowest BCUT2D eigenvalue weighted by atomic mass is 10.0. The van der Waals surface area contributed by atoms with Crippen molar-refractivity contribution in [2.45, 2.75) is 13.5 Å². The zero-order chi connectivity index (χ0) is 25.1. The maximum Gasteiger partial charge on any atom is 0.291 e. The van der Waals surface area contributed by atoms with Gasteiger partial charge in [-0.15, -0.1) is 0 Å². The van der Waals surface area contributed by atoms with Crippen molar-refractivity contribution < 1.29 is 18.4 Å². The molecule has 2 N–H and O–H groups in total. The van der Waals surface area contributed by atoms with Gasteiger partial charge in [0.15, 0.2) is 16.8 Å². The zero-order valence-electron chi connectivity index (χ0n) is 19.4. The molecule has 0 unspecified atom stereocenters. The van der Waals surface area contributed by atoms with E-state index in [-0.39, 0.29) is 40.7 Å². The van der Waals surface area contributed by atoms with Gasteiger partial charge in [0.25, 0.3) is 11.8 Å². The summed E-state index contributed by atoms with van der Waals surface area (Å²) in [6, 6.07) is 24.6. The number of carbonyl (C=O) groups excluding carboxylic acids is 2. The van der Waals surface area contributed by atoms with Gasteiger partial charge in [-0.3, -0.25) is 14.4 Å². The molecule has 7 nitrogen and oxygen atoms in total. The Bertz CT molecular complexity index is 1620. The van der Waals surface area contributed by atoms with E-state index in [0.29, 0.717) is 22.4 Å². The van der Waals surface area contributed by atoms with Crippen LogP contribution in [-0.4, -0.2) is 11.8 Å². The highest BCUT2D eigenvalue weighted by atomic mass is 16.3. The minimum Gasteiger partial charge on any atom is -0.459 e. The van der Waals surface area contributed by atoms with Crippen molar-refractivity contribution in [2.75, 3.05) is 5.32 Å². The normalized spacial score (nSPS) is 10.8. The minimum atomic E-state index is -0.378. The van der Waals surface area contributed by atoms with Crippen LogP contribution >= 0.6 is 0 Å². The Morgan fingerprint density at radius 2 is 1.67 bits per heavy atom. The molecule has 5 rings (SSSR count). The molecule has 0 radical (unpaired) electrons. The molecule has 0 spiro atoms. The first-order chi connectivity index (χ1) is 17.5. The van der Waals surface area contributed by atoms with Crippen molar-refractivity contribution >= 4 is 28.5 Å². The Morgan fingerprint density at radius 3 is 2.44 bits per heavy atom. The number of anilines is 1. The second-order valence-corrected chi connectivity index (χ2v) is 8.25. The van der Waals surface area contributed by atoms with Gasteiger partial charge < -0.3 is 19.5 Å². The summed E-state index contributed by atoms with van der Waals surface area (Å²) >= 11 is 0. The largest absolute Gasteiger partial charge is 0.459 e. The van der Waals surface area contributed by atoms with Gasteiger partial charge in [-0.05, 0) is 48.9 Å². The fourth-order valence-electron chi connectivity index (χ4n) is 3.99. The first kappa shape index (κ1) is 22.9. The molecule has 3 aromatic carbocycles. The van der Waals surface area contributed by atoms with Crippen LogP contribution in [0.3, 0.4) is 0 Å². The van der Waals surface area contributed by atoms with E-state index < -0.39 is 0 Å². The molecule has 7 heteroatoms. The van der Waals surface area contributed by atoms with E-state index in [9.17, 15) is 14.4 Å². The summed E-state index contributed by atoms with van der Waals surface area (Å²) in [6.07, 6.45) is 1.43. The summed E-state index contributed by atoms with van der Waals surface area (Å²) in [5, 5.41) is 5.99. The molecule has 0 aliphatic carbocycles. The van der Waals surface area contributed by atoms with E-state index in [1.165, 1.54) is 6.26 Å². The highest BCUT2D eigenvalue weighted by Crippen LogP contribution is 2.27. The Balaban J connectivity index is 1.39. The van der Waals surface area contributed by atoms with Crippen LogP contribution in [-0.2, 0) is 6.54 Å². The Morgan fingerprint density at radius 1 is 0.861 bits per heavy atom. The first-order valence-electron chi connectivity index (χ1n) is 11.3. The van der Waals surface area contributed by atoms with Crippen molar-refractivity contribution in [3.63, 3.8) is 0 Å². The quantitative estimate of drug-likeness (QED) is 0.333. The molecule has 0 atom stereocenters. The Labute approximate surface area is 206 Å². The minimum absolute atomic E-state index is 0.176. The number of rotatable bonds is 6. The number of hydrogen-bond donors (Lipinski definition) is 2. The number of benzene rings is 3. The van der Waals surface area contributed by atoms with Crippen LogP contribution in [0.4, 0.5) is 5.69 Å². The predicted molar refractivity (Wildman–Crippen MR) is 137 cm³/mol. The van der Waals surface area contributed by atoms with Gasteiger partial charge in [-0.25, -0.2) is 0 Å². The van der Waals surface area contributed by atoms with Crippen molar-refractivity contribution in [2.24, 2.45) is 0 Å². The third-order valence-corrected chi connectivity index (χ3v) is 5.81. The average molecular weight is 479 g/mol. The predicted octanol–water partition coefficient (Wildman–Crippen LogP) is 5.54. The summed E-state index contributed by atoms with van der Waals surface area (Å²) < 4.78 is 11.3. The Hall–Kier alpha value is -4.91. The summed E-state index contributed by atoms with van der Waals surface area (Å²) in [6.45, 7) is 1.93. The van der Waals surface area contributed by atoms with E-state index in [0.717, 1.165) is 11.1 Å². The number of furan rings is 1. The maximum atomic E-state index is 13.1. The fraction of sp³-hybridized carbons (Fsp3) is 0.0690. The molecule has 2 heterocycles. The van der Waals surface area contributed by atoms with Gasteiger partial charge in [0.1, 0.15) is 5.76 Å². The summed E-state index contributed by atoms with van der Waals surface area (Å²) in [5.74, 6) is -0.0993. The van der Waals surface area contributed by atoms with Crippen LogP contribution in [0.15, 0.2) is 105 Å². The van der Waals surface area contributed by atoms with Crippen LogP contribution in [0.25, 0.3) is 22.3 Å². The van der Waals surface area contributed by atoms with E-state index in [1.807, 2.05) is 36.4 Å². The average Bonchev–Trinajstić information content (AvgIpc) is 3.45. The highest BCUT2D eigenvalue weighted by molar-refractivity contribution is 6.05. The molecule has 0 fully saturated rings. The SMILES string of the molecule is Cc1c(-c2ccccc2)oc2c(C(=O)NCc3cccc(NC(=O)c4ccco4)c3)cccc2c1=O. The molecule has 178 valence electrons. The number of amides is 2. The first-order valence-corrected chi connectivity index (χ1v) is 11.3. The van der Waals surface area contributed by atoms with Crippen LogP contribution in [0.2, 0.25) is 0 Å². The lowest BCUT2D eigenvalue weighted by Crippen LogP contribution is -2.23. The van der Waals surface area contributed by atoms with Gasteiger partial charge in [0.05, 0.1) is 17.2 Å². The molecule has 36 heavy (non-hydrogen) atoms. The summed E-state index contributed by atoms with van der Waals surface area (Å²) in [4.78, 5) is 38.4. The highest BCUT2D eigenvalue weighted by Gasteiger charge is 2.18. The van der Waals surface area contributed by atoms with Crippen LogP contribution in [0, 0.1) is 6.92 Å². The molecule has 0 aliphatic rings. The second-order valence-electron chi connectivity index (χ2n) is 8.25. The van der Waals surface area contributed by atoms with Gasteiger partial charge in [0, 0.05) is 23.4 Å². The summed E-state index contributed by atoms with van der Waals surface area (Å²) in [7, 11) is 0. The van der Waals surface area contributed by atoms with E-state index in [4.69, 9.17) is 8.83 Å². The molecule has 2 amide bonds. The number of hydrogen-bond acceptors (Lipinski definition) is 5. The number of nitrogens with one attached hydrogen (secondary N) is 2. The second kappa shape index (κ2) is 9.76. The van der Waals surface area contributed by atoms with Crippen LogP contribution < -0.4 is 16.1 Å². The van der Waals surface area contributed by atoms with Crippen LogP contribution in [0.1, 0.15) is 32.0 Å². The lowest BCUT2D eigenvalue weighted by molar-refractivity contribution is 0.0950. The molecule has 0 aliphatic heterocycles. The number of carbonyl (C=O) groups is 2. The topological polar surface area (TPSA) is 102 Å². The van der Waals surface area contributed by atoms with Gasteiger partial charge in [-0.2, -0.15) is 0 Å². The molecule has 0 saturated heterocycles. The van der Waals surface area contributed by atoms with Crippen LogP contribution in [0.5, 0.6) is 0 Å². The Kier molecular flexibility index (Phi) is 6.19. The third kappa shape index (κ3) is 4.54. The summed E-state index contributed by atoms with van der Waals surface area (Å²) in [5.41, 5.74) is 2.93. The molecule has 0 bridgehead atoms. The van der Waals surface area contributed by atoms with Gasteiger partial charge in [-0.1, -0.05) is 48.5 Å². The van der Waals surface area contributed by atoms with E-state index in [1.54, 1.807) is 55.5 Å². The molecular weight excluding hydrogens is 456 g/mol. The standard InChI is InChI=1S/C29H22N2O5/c1-18-25(32)22-12-6-13-23(27(22)36-26(18)20-9-3-2-4-10-20)28(33)30-17-19-8-5-11-21(16-19)31-29(34)24-14-7-15-35-24/h2-16H,17H2,1H3,(H,30,33)(H,31,34). The number of fused-ring (bicyclic) bond motifs is 1. The molecule has 5 aromatic rings. The van der Waals surface area contributed by atoms with Crippen molar-refractivity contribution in [3.8, 4) is 11.3 Å². The molecule has 0 saturated carbocycles. The molecular formula is C29H22N2O5. The fourth-order valence-corrected chi connectivity index (χ4v) is 3.99. The monoisotopic (exact) mass is 478 g/mol. The lowest BCUT2D eigenvalue weighted by Gasteiger charge is -2.11.